The average molecular weight is 220 g/mol. The lowest BCUT2D eigenvalue weighted by Crippen LogP contribution is -2.36. The molecule has 1 unspecified atom stereocenters. The zero-order chi connectivity index (χ0) is 11.4. The fourth-order valence-corrected chi connectivity index (χ4v) is 2.38. The fourth-order valence-electron chi connectivity index (χ4n) is 2.38. The summed E-state index contributed by atoms with van der Waals surface area (Å²) < 4.78 is 2.28. The predicted octanol–water partition coefficient (Wildman–Crippen LogP) is 3.18. The normalized spacial score (nSPS) is 18.4. The Morgan fingerprint density at radius 1 is 1.50 bits per heavy atom. The third-order valence-corrected chi connectivity index (χ3v) is 3.78. The number of nitrogens with one attached hydrogen (secondary N) is 1. The molecule has 0 amide bonds. The second-order valence-corrected chi connectivity index (χ2v) is 5.12. The number of hydrogen-bond donors (Lipinski definition) is 1. The molecule has 1 atom stereocenters. The molecule has 0 aliphatic heterocycles. The second-order valence-electron chi connectivity index (χ2n) is 5.12. The summed E-state index contributed by atoms with van der Waals surface area (Å²) in [5.41, 5.74) is 1.42. The molecule has 2 rings (SSSR count). The Labute approximate surface area is 99.0 Å². The van der Waals surface area contributed by atoms with Crippen molar-refractivity contribution in [1.29, 1.82) is 0 Å². The van der Waals surface area contributed by atoms with Crippen LogP contribution in [0, 0.1) is 5.92 Å². The van der Waals surface area contributed by atoms with Crippen LogP contribution in [0.15, 0.2) is 18.5 Å². The first kappa shape index (κ1) is 11.7. The minimum atomic E-state index is 0.684. The largest absolute Gasteiger partial charge is 0.354 e. The van der Waals surface area contributed by atoms with Gasteiger partial charge in [0, 0.05) is 31.5 Å². The Morgan fingerprint density at radius 2 is 2.31 bits per heavy atom. The molecule has 1 heterocycles. The molecule has 1 aliphatic rings. The van der Waals surface area contributed by atoms with Gasteiger partial charge in [0.2, 0.25) is 0 Å². The molecule has 1 aliphatic carbocycles. The first-order valence-corrected chi connectivity index (χ1v) is 6.67. The van der Waals surface area contributed by atoms with Gasteiger partial charge in [0.25, 0.3) is 0 Å². The van der Waals surface area contributed by atoms with E-state index in [0.29, 0.717) is 6.04 Å². The van der Waals surface area contributed by atoms with Gasteiger partial charge in [-0.25, -0.2) is 0 Å². The highest BCUT2D eigenvalue weighted by Gasteiger charge is 2.23. The summed E-state index contributed by atoms with van der Waals surface area (Å²) in [6.07, 6.45) is 9.94. The summed E-state index contributed by atoms with van der Waals surface area (Å²) in [6.45, 7) is 6.70. The van der Waals surface area contributed by atoms with Gasteiger partial charge in [0.05, 0.1) is 0 Å². The SMILES string of the molecule is CCCn1ccc(CNC(C)C2CCC2)c1. The van der Waals surface area contributed by atoms with Crippen molar-refractivity contribution in [2.45, 2.75) is 58.7 Å². The van der Waals surface area contributed by atoms with E-state index in [2.05, 4.69) is 42.2 Å². The molecule has 90 valence electrons. The number of rotatable bonds is 6. The van der Waals surface area contributed by atoms with Crippen molar-refractivity contribution < 1.29 is 0 Å². The molecule has 16 heavy (non-hydrogen) atoms. The quantitative estimate of drug-likeness (QED) is 0.779. The van der Waals surface area contributed by atoms with Gasteiger partial charge in [-0.05, 0) is 43.7 Å². The smallest absolute Gasteiger partial charge is 0.0223 e. The van der Waals surface area contributed by atoms with Crippen molar-refractivity contribution in [3.8, 4) is 0 Å². The number of nitrogens with zero attached hydrogens (tertiary/aromatic N) is 1. The molecule has 1 saturated carbocycles. The first-order chi connectivity index (χ1) is 7.79. The second kappa shape index (κ2) is 5.53. The van der Waals surface area contributed by atoms with Crippen LogP contribution in [0.5, 0.6) is 0 Å². The predicted molar refractivity (Wildman–Crippen MR) is 68.4 cm³/mol. The molecule has 1 fully saturated rings. The highest BCUT2D eigenvalue weighted by atomic mass is 15.0. The lowest BCUT2D eigenvalue weighted by Gasteiger charge is -2.32. The van der Waals surface area contributed by atoms with Crippen LogP contribution in [-0.4, -0.2) is 10.6 Å². The third-order valence-electron chi connectivity index (χ3n) is 3.78. The number of aromatic nitrogens is 1. The summed E-state index contributed by atoms with van der Waals surface area (Å²) >= 11 is 0. The molecule has 0 saturated heterocycles. The minimum absolute atomic E-state index is 0.684. The topological polar surface area (TPSA) is 17.0 Å². The number of hydrogen-bond acceptors (Lipinski definition) is 1. The lowest BCUT2D eigenvalue weighted by atomic mass is 9.80. The molecule has 2 heteroatoms. The van der Waals surface area contributed by atoms with Crippen molar-refractivity contribution in [2.75, 3.05) is 0 Å². The van der Waals surface area contributed by atoms with Crippen LogP contribution >= 0.6 is 0 Å². The summed E-state index contributed by atoms with van der Waals surface area (Å²) in [4.78, 5) is 0. The van der Waals surface area contributed by atoms with Crippen LogP contribution in [0.1, 0.15) is 45.1 Å². The lowest BCUT2D eigenvalue weighted by molar-refractivity contribution is 0.240. The van der Waals surface area contributed by atoms with Crippen LogP contribution in [0.4, 0.5) is 0 Å². The summed E-state index contributed by atoms with van der Waals surface area (Å²) in [6, 6.07) is 2.92. The van der Waals surface area contributed by atoms with Crippen LogP contribution in [-0.2, 0) is 13.1 Å². The van der Waals surface area contributed by atoms with Gasteiger partial charge in [0.1, 0.15) is 0 Å². The van der Waals surface area contributed by atoms with E-state index >= 15 is 0 Å². The van der Waals surface area contributed by atoms with Gasteiger partial charge in [0.15, 0.2) is 0 Å². The zero-order valence-electron chi connectivity index (χ0n) is 10.6. The van der Waals surface area contributed by atoms with Crippen molar-refractivity contribution in [2.24, 2.45) is 5.92 Å². The average Bonchev–Trinajstić information content (AvgIpc) is 2.61. The van der Waals surface area contributed by atoms with E-state index in [4.69, 9.17) is 0 Å². The van der Waals surface area contributed by atoms with Crippen LogP contribution in [0.25, 0.3) is 0 Å². The summed E-state index contributed by atoms with van der Waals surface area (Å²) in [5, 5.41) is 3.64. The fraction of sp³-hybridized carbons (Fsp3) is 0.714. The van der Waals surface area contributed by atoms with Crippen molar-refractivity contribution in [3.63, 3.8) is 0 Å². The maximum Gasteiger partial charge on any atom is 0.0223 e. The molecule has 2 nitrogen and oxygen atoms in total. The first-order valence-electron chi connectivity index (χ1n) is 6.67. The van der Waals surface area contributed by atoms with Gasteiger partial charge in [-0.2, -0.15) is 0 Å². The van der Waals surface area contributed by atoms with Gasteiger partial charge in [-0.1, -0.05) is 13.3 Å². The van der Waals surface area contributed by atoms with Gasteiger partial charge >= 0.3 is 0 Å². The molecule has 0 spiro atoms. The van der Waals surface area contributed by atoms with Crippen molar-refractivity contribution in [3.05, 3.63) is 24.0 Å². The Kier molecular flexibility index (Phi) is 4.05. The van der Waals surface area contributed by atoms with Crippen molar-refractivity contribution >= 4 is 0 Å². The molecular weight excluding hydrogens is 196 g/mol. The Hall–Kier alpha value is -0.760. The molecule has 1 aromatic rings. The summed E-state index contributed by atoms with van der Waals surface area (Å²) in [7, 11) is 0. The molecule has 1 aromatic heterocycles. The van der Waals surface area contributed by atoms with Crippen LogP contribution in [0.2, 0.25) is 0 Å². The Morgan fingerprint density at radius 3 is 2.94 bits per heavy atom. The van der Waals surface area contributed by atoms with Gasteiger partial charge in [-0.3, -0.25) is 0 Å². The maximum absolute atomic E-state index is 3.64. The van der Waals surface area contributed by atoms with E-state index in [0.717, 1.165) is 19.0 Å². The van der Waals surface area contributed by atoms with E-state index in [-0.39, 0.29) is 0 Å². The van der Waals surface area contributed by atoms with E-state index in [1.54, 1.807) is 0 Å². The van der Waals surface area contributed by atoms with E-state index < -0.39 is 0 Å². The molecule has 0 bridgehead atoms. The van der Waals surface area contributed by atoms with E-state index in [9.17, 15) is 0 Å². The van der Waals surface area contributed by atoms with Crippen LogP contribution in [0.3, 0.4) is 0 Å². The van der Waals surface area contributed by atoms with E-state index in [1.165, 1.54) is 31.2 Å². The standard InChI is InChI=1S/C14H24N2/c1-3-8-16-9-7-13(11-16)10-15-12(2)14-5-4-6-14/h7,9,11-12,14-15H,3-6,8,10H2,1-2H3. The number of aryl methyl sites for hydroxylation is 1. The van der Waals surface area contributed by atoms with Gasteiger partial charge in [-0.15, -0.1) is 0 Å². The molecule has 1 N–H and O–H groups in total. The molecule has 0 radical (unpaired) electrons. The molecular formula is C14H24N2. The third kappa shape index (κ3) is 2.88. The summed E-state index contributed by atoms with van der Waals surface area (Å²) in [5.74, 6) is 0.928. The zero-order valence-corrected chi connectivity index (χ0v) is 10.6. The monoisotopic (exact) mass is 220 g/mol. The highest BCUT2D eigenvalue weighted by Crippen LogP contribution is 2.29. The Balaban J connectivity index is 1.75. The van der Waals surface area contributed by atoms with E-state index in [1.807, 2.05) is 0 Å². The van der Waals surface area contributed by atoms with Gasteiger partial charge < -0.3 is 9.88 Å². The maximum atomic E-state index is 3.64. The van der Waals surface area contributed by atoms with Crippen LogP contribution < -0.4 is 5.32 Å². The Bertz CT molecular complexity index is 312. The molecule has 0 aromatic carbocycles. The van der Waals surface area contributed by atoms with Crippen molar-refractivity contribution in [1.82, 2.24) is 9.88 Å². The minimum Gasteiger partial charge on any atom is -0.354 e. The highest BCUT2D eigenvalue weighted by molar-refractivity contribution is 5.10.